The molecule has 0 aliphatic rings. The summed E-state index contributed by atoms with van der Waals surface area (Å²) in [5.41, 5.74) is 0.531. The van der Waals surface area contributed by atoms with Crippen molar-refractivity contribution in [3.8, 4) is 0 Å². The Morgan fingerprint density at radius 1 is 1.23 bits per heavy atom. The number of benzene rings is 1. The lowest BCUT2D eigenvalue weighted by atomic mass is 10.1. The molecule has 1 aromatic carbocycles. The van der Waals surface area contributed by atoms with Crippen molar-refractivity contribution in [3.63, 3.8) is 0 Å². The molecule has 0 bridgehead atoms. The van der Waals surface area contributed by atoms with Gasteiger partial charge in [0.25, 0.3) is 5.91 Å². The van der Waals surface area contributed by atoms with Crippen LogP contribution in [0.15, 0.2) is 12.1 Å². The second-order valence-corrected chi connectivity index (χ2v) is 6.01. The van der Waals surface area contributed by atoms with Crippen molar-refractivity contribution in [2.75, 3.05) is 6.54 Å². The molecule has 0 saturated carbocycles. The Bertz CT molecular complexity index is 567. The molecule has 22 heavy (non-hydrogen) atoms. The molecular formula is C14H19Cl2FN3O2+. The van der Waals surface area contributed by atoms with Crippen LogP contribution in [0.2, 0.25) is 10.0 Å². The molecule has 1 aromatic rings. The van der Waals surface area contributed by atoms with Gasteiger partial charge in [0.05, 0.1) is 10.0 Å². The largest absolute Gasteiger partial charge is 0.336 e. The van der Waals surface area contributed by atoms with E-state index in [1.165, 1.54) is 12.1 Å². The molecule has 0 aromatic heterocycles. The van der Waals surface area contributed by atoms with Gasteiger partial charge in [-0.25, -0.2) is 9.18 Å². The minimum Gasteiger partial charge on any atom is -0.336 e. The Morgan fingerprint density at radius 3 is 2.45 bits per heavy atom. The number of nitrogens with one attached hydrogen (secondary N) is 2. The Labute approximate surface area is 138 Å². The summed E-state index contributed by atoms with van der Waals surface area (Å²) in [4.78, 5) is 23.0. The van der Waals surface area contributed by atoms with Crippen LogP contribution in [-0.2, 0) is 4.79 Å². The number of hydrogen-bond acceptors (Lipinski definition) is 2. The minimum absolute atomic E-state index is 0.00720. The van der Waals surface area contributed by atoms with Crippen molar-refractivity contribution in [2.45, 2.75) is 32.9 Å². The third-order valence-electron chi connectivity index (χ3n) is 2.86. The van der Waals surface area contributed by atoms with Gasteiger partial charge in [0.2, 0.25) is 0 Å². The summed E-state index contributed by atoms with van der Waals surface area (Å²) in [5, 5.41) is 6.67. The van der Waals surface area contributed by atoms with Crippen LogP contribution in [0, 0.1) is 5.82 Å². The van der Waals surface area contributed by atoms with E-state index >= 15 is 0 Å². The summed E-state index contributed by atoms with van der Waals surface area (Å²) in [6.45, 7) is 5.36. The number of rotatable bonds is 5. The first-order valence-corrected chi connectivity index (χ1v) is 7.54. The number of quaternary nitrogens is 1. The molecule has 0 aliphatic carbocycles. The zero-order valence-corrected chi connectivity index (χ0v) is 14.1. The summed E-state index contributed by atoms with van der Waals surface area (Å²) >= 11 is 11.7. The van der Waals surface area contributed by atoms with Crippen molar-refractivity contribution in [2.24, 2.45) is 0 Å². The molecule has 122 valence electrons. The van der Waals surface area contributed by atoms with Crippen LogP contribution in [0.3, 0.4) is 0 Å². The molecule has 1 rings (SSSR count). The second-order valence-electron chi connectivity index (χ2n) is 5.19. The summed E-state index contributed by atoms with van der Waals surface area (Å²) in [6, 6.07) is 1.70. The summed E-state index contributed by atoms with van der Waals surface area (Å²) in [5.74, 6) is -1.02. The predicted octanol–water partition coefficient (Wildman–Crippen LogP) is 1.99. The molecule has 5 nitrogen and oxygen atoms in total. The monoisotopic (exact) mass is 350 g/mol. The maximum atomic E-state index is 13.5. The Balaban J connectivity index is 2.56. The number of hydrogen-bond donors (Lipinski definition) is 3. The van der Waals surface area contributed by atoms with E-state index < -0.39 is 17.8 Å². The molecule has 3 amide bonds. The Hall–Kier alpha value is -1.37. The van der Waals surface area contributed by atoms with Gasteiger partial charge in [0, 0.05) is 11.6 Å². The lowest BCUT2D eigenvalue weighted by Crippen LogP contribution is -2.87. The van der Waals surface area contributed by atoms with Gasteiger partial charge in [0.1, 0.15) is 11.9 Å². The number of carbonyl (C=O) groups excluding carboxylic acids is 2. The Morgan fingerprint density at radius 2 is 1.86 bits per heavy atom. The van der Waals surface area contributed by atoms with Crippen LogP contribution in [-0.4, -0.2) is 24.5 Å². The van der Waals surface area contributed by atoms with Crippen molar-refractivity contribution >= 4 is 35.1 Å². The maximum Gasteiger partial charge on any atom is 0.321 e. The number of amides is 3. The normalized spacial score (nSPS) is 12.1. The molecule has 4 N–H and O–H groups in total. The number of nitrogens with two attached hydrogens (primary N) is 1. The van der Waals surface area contributed by atoms with Crippen molar-refractivity contribution in [3.05, 3.63) is 33.6 Å². The van der Waals surface area contributed by atoms with Crippen molar-refractivity contribution in [1.82, 2.24) is 10.6 Å². The standard InChI is InChI=1S/C14H18Cl2FN3O2/c1-7(2)19-14(22)20-13(21)6-18-8(3)9-4-12(17)11(16)5-10(9)15/h4-5,7-8,18H,6H2,1-3H3,(H2,19,20,21,22)/p+1/t8-/m1/s1. The molecule has 0 unspecified atom stereocenters. The first-order chi connectivity index (χ1) is 10.2. The fourth-order valence-electron chi connectivity index (χ4n) is 1.77. The summed E-state index contributed by atoms with van der Waals surface area (Å²) in [6.07, 6.45) is 0. The summed E-state index contributed by atoms with van der Waals surface area (Å²) < 4.78 is 13.5. The highest BCUT2D eigenvalue weighted by molar-refractivity contribution is 6.35. The molecular weight excluding hydrogens is 332 g/mol. The van der Waals surface area contributed by atoms with Gasteiger partial charge < -0.3 is 10.6 Å². The smallest absolute Gasteiger partial charge is 0.321 e. The average Bonchev–Trinajstić information content (AvgIpc) is 2.39. The van der Waals surface area contributed by atoms with Crippen LogP contribution in [0.25, 0.3) is 0 Å². The van der Waals surface area contributed by atoms with Gasteiger partial charge >= 0.3 is 6.03 Å². The molecule has 0 radical (unpaired) electrons. The SMILES string of the molecule is CC(C)NC(=O)NC(=O)C[NH2+][C@H](C)c1cc(F)c(Cl)cc1Cl. The molecule has 0 aliphatic heterocycles. The van der Waals surface area contributed by atoms with E-state index in [0.29, 0.717) is 10.6 Å². The van der Waals surface area contributed by atoms with E-state index in [9.17, 15) is 14.0 Å². The van der Waals surface area contributed by atoms with Gasteiger partial charge in [0.15, 0.2) is 6.54 Å². The second kappa shape index (κ2) is 8.31. The van der Waals surface area contributed by atoms with Gasteiger partial charge in [-0.15, -0.1) is 0 Å². The molecule has 0 saturated heterocycles. The van der Waals surface area contributed by atoms with Crippen LogP contribution in [0.5, 0.6) is 0 Å². The van der Waals surface area contributed by atoms with Crippen LogP contribution in [0.1, 0.15) is 32.4 Å². The predicted molar refractivity (Wildman–Crippen MR) is 83.4 cm³/mol. The van der Waals surface area contributed by atoms with Crippen molar-refractivity contribution < 1.29 is 19.3 Å². The summed E-state index contributed by atoms with van der Waals surface area (Å²) in [7, 11) is 0. The molecule has 0 spiro atoms. The van der Waals surface area contributed by atoms with E-state index in [2.05, 4.69) is 10.6 Å². The number of halogens is 3. The maximum absolute atomic E-state index is 13.5. The first-order valence-electron chi connectivity index (χ1n) is 6.78. The van der Waals surface area contributed by atoms with Crippen LogP contribution in [0.4, 0.5) is 9.18 Å². The average molecular weight is 351 g/mol. The lowest BCUT2D eigenvalue weighted by molar-refractivity contribution is -0.682. The zero-order valence-electron chi connectivity index (χ0n) is 12.5. The number of imide groups is 1. The Kier molecular flexibility index (Phi) is 7.06. The van der Waals surface area contributed by atoms with E-state index in [-0.39, 0.29) is 23.7 Å². The van der Waals surface area contributed by atoms with E-state index in [0.717, 1.165) is 0 Å². The van der Waals surface area contributed by atoms with Gasteiger partial charge in [-0.3, -0.25) is 10.1 Å². The highest BCUT2D eigenvalue weighted by Crippen LogP contribution is 2.27. The van der Waals surface area contributed by atoms with Gasteiger partial charge in [-0.1, -0.05) is 23.2 Å². The van der Waals surface area contributed by atoms with E-state index in [4.69, 9.17) is 23.2 Å². The van der Waals surface area contributed by atoms with Gasteiger partial charge in [-0.05, 0) is 32.9 Å². The van der Waals surface area contributed by atoms with Gasteiger partial charge in [-0.2, -0.15) is 0 Å². The quantitative estimate of drug-likeness (QED) is 0.710. The molecule has 0 heterocycles. The highest BCUT2D eigenvalue weighted by Gasteiger charge is 2.18. The topological polar surface area (TPSA) is 74.8 Å². The first kappa shape index (κ1) is 18.7. The van der Waals surface area contributed by atoms with Crippen molar-refractivity contribution in [1.29, 1.82) is 0 Å². The number of carbonyl (C=O) groups is 2. The lowest BCUT2D eigenvalue weighted by Gasteiger charge is -2.13. The molecule has 1 atom stereocenters. The minimum atomic E-state index is -0.568. The van der Waals surface area contributed by atoms with Crippen LogP contribution >= 0.6 is 23.2 Å². The van der Waals surface area contributed by atoms with E-state index in [1.807, 2.05) is 0 Å². The van der Waals surface area contributed by atoms with E-state index in [1.54, 1.807) is 26.1 Å². The fraction of sp³-hybridized carbons (Fsp3) is 0.429. The third kappa shape index (κ3) is 5.79. The third-order valence-corrected chi connectivity index (χ3v) is 3.48. The zero-order chi connectivity index (χ0) is 16.9. The molecule has 8 heteroatoms. The van der Waals surface area contributed by atoms with Crippen LogP contribution < -0.4 is 16.0 Å². The molecule has 0 fully saturated rings. The number of urea groups is 1. The highest BCUT2D eigenvalue weighted by atomic mass is 35.5. The fourth-order valence-corrected chi connectivity index (χ4v) is 2.33.